The van der Waals surface area contributed by atoms with Crippen LogP contribution >= 0.6 is 0 Å². The molecule has 0 fully saturated rings. The van der Waals surface area contributed by atoms with Crippen molar-refractivity contribution < 1.29 is 4.74 Å². The van der Waals surface area contributed by atoms with Crippen molar-refractivity contribution in [2.45, 2.75) is 6.92 Å². The fourth-order valence-electron chi connectivity index (χ4n) is 1.25. The van der Waals surface area contributed by atoms with Crippen molar-refractivity contribution in [3.63, 3.8) is 0 Å². The predicted octanol–water partition coefficient (Wildman–Crippen LogP) is 0.680. The first-order valence-corrected chi connectivity index (χ1v) is 3.92. The Hall–Kier alpha value is -1.65. The van der Waals surface area contributed by atoms with Crippen molar-refractivity contribution in [3.05, 3.63) is 12.0 Å². The van der Waals surface area contributed by atoms with E-state index in [1.807, 2.05) is 14.0 Å². The second kappa shape index (κ2) is 2.69. The molecule has 0 spiro atoms. The van der Waals surface area contributed by atoms with Gasteiger partial charge in [-0.3, -0.25) is 4.68 Å². The molecule has 0 aromatic carbocycles. The smallest absolute Gasteiger partial charge is 0.245 e. The average Bonchev–Trinajstić information content (AvgIpc) is 2.43. The van der Waals surface area contributed by atoms with Crippen LogP contribution in [0, 0.1) is 6.92 Å². The molecule has 2 heterocycles. The maximum atomic E-state index is 5.07. The van der Waals surface area contributed by atoms with Gasteiger partial charge in [-0.15, -0.1) is 0 Å². The molecule has 0 aliphatic carbocycles. The minimum atomic E-state index is 0.522. The molecule has 0 N–H and O–H groups in total. The van der Waals surface area contributed by atoms with Crippen LogP contribution in [0.1, 0.15) is 5.69 Å². The van der Waals surface area contributed by atoms with Crippen molar-refractivity contribution in [1.82, 2.24) is 19.7 Å². The normalized spacial score (nSPS) is 10.7. The lowest BCUT2D eigenvalue weighted by atomic mass is 10.3. The molecule has 5 heteroatoms. The van der Waals surface area contributed by atoms with Crippen molar-refractivity contribution in [2.75, 3.05) is 7.11 Å². The van der Waals surface area contributed by atoms with E-state index in [0.29, 0.717) is 11.4 Å². The van der Waals surface area contributed by atoms with Gasteiger partial charge in [-0.25, -0.2) is 4.98 Å². The van der Waals surface area contributed by atoms with E-state index in [4.69, 9.17) is 4.74 Å². The Bertz CT molecular complexity index is 449. The molecule has 68 valence electrons. The molecule has 0 atom stereocenters. The summed E-state index contributed by atoms with van der Waals surface area (Å²) in [7, 11) is 3.45. The van der Waals surface area contributed by atoms with Crippen LogP contribution in [-0.2, 0) is 7.05 Å². The van der Waals surface area contributed by atoms with E-state index >= 15 is 0 Å². The number of fused-ring (bicyclic) bond motifs is 1. The zero-order valence-corrected chi connectivity index (χ0v) is 7.77. The van der Waals surface area contributed by atoms with E-state index in [1.165, 1.54) is 6.33 Å². The Morgan fingerprint density at radius 2 is 2.08 bits per heavy atom. The van der Waals surface area contributed by atoms with Gasteiger partial charge in [0.25, 0.3) is 0 Å². The zero-order valence-electron chi connectivity index (χ0n) is 7.77. The Morgan fingerprint density at radius 1 is 1.31 bits per heavy atom. The number of ether oxygens (including phenoxy) is 1. The first-order valence-electron chi connectivity index (χ1n) is 3.92. The summed E-state index contributed by atoms with van der Waals surface area (Å²) in [6.07, 6.45) is 1.48. The topological polar surface area (TPSA) is 52.8 Å². The first-order chi connectivity index (χ1) is 6.24. The maximum Gasteiger partial charge on any atom is 0.245 e. The molecule has 0 saturated carbocycles. The van der Waals surface area contributed by atoms with E-state index in [9.17, 15) is 0 Å². The SMILES string of the molecule is COc1ncnc2c(C)n(C)nc12. The van der Waals surface area contributed by atoms with Crippen LogP contribution in [0.4, 0.5) is 0 Å². The molecule has 2 rings (SSSR count). The van der Waals surface area contributed by atoms with Gasteiger partial charge in [-0.05, 0) is 6.92 Å². The van der Waals surface area contributed by atoms with Gasteiger partial charge in [0.1, 0.15) is 11.8 Å². The van der Waals surface area contributed by atoms with Crippen LogP contribution in [0.25, 0.3) is 11.0 Å². The molecular formula is C8H10N4O. The summed E-state index contributed by atoms with van der Waals surface area (Å²) >= 11 is 0. The number of aromatic nitrogens is 4. The third kappa shape index (κ3) is 1.04. The Labute approximate surface area is 75.4 Å². The first kappa shape index (κ1) is 7.97. The molecule has 5 nitrogen and oxygen atoms in total. The fourth-order valence-corrected chi connectivity index (χ4v) is 1.25. The second-order valence-electron chi connectivity index (χ2n) is 2.79. The predicted molar refractivity (Wildman–Crippen MR) is 47.6 cm³/mol. The van der Waals surface area contributed by atoms with Gasteiger partial charge in [-0.2, -0.15) is 10.1 Å². The highest BCUT2D eigenvalue weighted by Gasteiger charge is 2.10. The summed E-state index contributed by atoms with van der Waals surface area (Å²) in [5.74, 6) is 0.522. The zero-order chi connectivity index (χ0) is 9.42. The standard InChI is InChI=1S/C8H10N4O/c1-5-6-7(11-12(5)2)8(13-3)10-4-9-6/h4H,1-3H3. The van der Waals surface area contributed by atoms with Crippen LogP contribution in [0.3, 0.4) is 0 Å². The number of methoxy groups -OCH3 is 1. The number of aryl methyl sites for hydroxylation is 2. The molecule has 0 bridgehead atoms. The van der Waals surface area contributed by atoms with Gasteiger partial charge in [-0.1, -0.05) is 0 Å². The second-order valence-corrected chi connectivity index (χ2v) is 2.79. The largest absolute Gasteiger partial charge is 0.479 e. The van der Waals surface area contributed by atoms with Gasteiger partial charge in [0.05, 0.1) is 12.8 Å². The molecule has 13 heavy (non-hydrogen) atoms. The van der Waals surface area contributed by atoms with Crippen molar-refractivity contribution in [3.8, 4) is 5.88 Å². The van der Waals surface area contributed by atoms with Crippen LogP contribution in [0.5, 0.6) is 5.88 Å². The molecule has 2 aromatic heterocycles. The number of nitrogens with zero attached hydrogens (tertiary/aromatic N) is 4. The minimum absolute atomic E-state index is 0.522. The summed E-state index contributed by atoms with van der Waals surface area (Å²) in [5, 5.41) is 4.25. The van der Waals surface area contributed by atoms with E-state index in [2.05, 4.69) is 15.1 Å². The highest BCUT2D eigenvalue weighted by atomic mass is 16.5. The quantitative estimate of drug-likeness (QED) is 0.644. The van der Waals surface area contributed by atoms with Crippen molar-refractivity contribution in [1.29, 1.82) is 0 Å². The van der Waals surface area contributed by atoms with Crippen molar-refractivity contribution in [2.24, 2.45) is 7.05 Å². The van der Waals surface area contributed by atoms with E-state index in [1.54, 1.807) is 11.8 Å². The molecule has 0 unspecified atom stereocenters. The Morgan fingerprint density at radius 3 is 2.77 bits per heavy atom. The third-order valence-corrected chi connectivity index (χ3v) is 2.06. The van der Waals surface area contributed by atoms with Crippen LogP contribution in [0.2, 0.25) is 0 Å². The monoisotopic (exact) mass is 178 g/mol. The van der Waals surface area contributed by atoms with Crippen LogP contribution < -0.4 is 4.74 Å². The van der Waals surface area contributed by atoms with E-state index < -0.39 is 0 Å². The van der Waals surface area contributed by atoms with Gasteiger partial charge < -0.3 is 4.74 Å². The molecule has 0 amide bonds. The van der Waals surface area contributed by atoms with Gasteiger partial charge in [0.15, 0.2) is 5.52 Å². The lowest BCUT2D eigenvalue weighted by molar-refractivity contribution is 0.401. The number of rotatable bonds is 1. The fraction of sp³-hybridized carbons (Fsp3) is 0.375. The lowest BCUT2D eigenvalue weighted by Gasteiger charge is -1.96. The lowest BCUT2D eigenvalue weighted by Crippen LogP contribution is -1.92. The molecule has 0 radical (unpaired) electrons. The van der Waals surface area contributed by atoms with E-state index in [0.717, 1.165) is 11.2 Å². The number of hydrogen-bond acceptors (Lipinski definition) is 4. The van der Waals surface area contributed by atoms with Gasteiger partial charge in [0, 0.05) is 7.05 Å². The van der Waals surface area contributed by atoms with Crippen molar-refractivity contribution >= 4 is 11.0 Å². The summed E-state index contributed by atoms with van der Waals surface area (Å²) in [6, 6.07) is 0. The molecule has 0 aliphatic rings. The third-order valence-electron chi connectivity index (χ3n) is 2.06. The summed E-state index contributed by atoms with van der Waals surface area (Å²) in [6.45, 7) is 1.96. The molecule has 2 aromatic rings. The van der Waals surface area contributed by atoms with Gasteiger partial charge >= 0.3 is 0 Å². The Balaban J connectivity index is 2.84. The van der Waals surface area contributed by atoms with Crippen LogP contribution in [0.15, 0.2) is 6.33 Å². The molecule has 0 saturated heterocycles. The maximum absolute atomic E-state index is 5.07. The highest BCUT2D eigenvalue weighted by molar-refractivity contribution is 5.81. The summed E-state index contributed by atoms with van der Waals surface area (Å²) in [4.78, 5) is 8.11. The highest BCUT2D eigenvalue weighted by Crippen LogP contribution is 2.21. The molecule has 0 aliphatic heterocycles. The molecular weight excluding hydrogens is 168 g/mol. The van der Waals surface area contributed by atoms with Gasteiger partial charge in [0.2, 0.25) is 5.88 Å². The van der Waals surface area contributed by atoms with E-state index in [-0.39, 0.29) is 0 Å². The Kier molecular flexibility index (Phi) is 1.65. The number of hydrogen-bond donors (Lipinski definition) is 0. The average molecular weight is 178 g/mol. The summed E-state index contributed by atoms with van der Waals surface area (Å²) in [5.41, 5.74) is 2.56. The minimum Gasteiger partial charge on any atom is -0.479 e. The van der Waals surface area contributed by atoms with Crippen LogP contribution in [-0.4, -0.2) is 26.9 Å². The summed E-state index contributed by atoms with van der Waals surface area (Å²) < 4.78 is 6.83.